The van der Waals surface area contributed by atoms with Crippen LogP contribution in [-0.4, -0.2) is 15.3 Å². The second-order valence-electron chi connectivity index (χ2n) is 5.17. The highest BCUT2D eigenvalue weighted by Gasteiger charge is 2.20. The first-order valence-electron chi connectivity index (χ1n) is 7.32. The third kappa shape index (κ3) is 3.05. The van der Waals surface area contributed by atoms with Crippen molar-refractivity contribution >= 4 is 28.8 Å². The molecule has 0 unspecified atom stereocenters. The first-order valence-corrected chi connectivity index (χ1v) is 7.70. The highest BCUT2D eigenvalue weighted by Crippen LogP contribution is 2.20. The monoisotopic (exact) mass is 331 g/mol. The minimum Gasteiger partial charge on any atom is -0.318 e. The van der Waals surface area contributed by atoms with Gasteiger partial charge in [-0.2, -0.15) is 0 Å². The highest BCUT2D eigenvalue weighted by molar-refractivity contribution is 6.30. The zero-order valence-corrected chi connectivity index (χ0v) is 13.3. The number of aryl methyl sites for hydroxylation is 1. The second-order valence-corrected chi connectivity index (χ2v) is 5.60. The Morgan fingerprint density at radius 1 is 1.30 bits per heavy atom. The van der Waals surface area contributed by atoms with Gasteiger partial charge >= 0.3 is 0 Å². The van der Waals surface area contributed by atoms with Crippen molar-refractivity contribution in [2.75, 3.05) is 5.32 Å². The van der Waals surface area contributed by atoms with Crippen molar-refractivity contribution in [1.29, 1.82) is 0 Å². The zero-order chi connectivity index (χ0) is 16.4. The molecule has 0 saturated heterocycles. The van der Waals surface area contributed by atoms with E-state index in [2.05, 4.69) is 10.3 Å². The second kappa shape index (κ2) is 6.38. The third-order valence-electron chi connectivity index (χ3n) is 3.48. The van der Waals surface area contributed by atoms with Gasteiger partial charge in [-0.05, 0) is 30.7 Å². The van der Waals surface area contributed by atoms with Crippen LogP contribution in [0.1, 0.15) is 29.5 Å². The molecule has 0 radical (unpaired) electrons. The van der Waals surface area contributed by atoms with E-state index in [9.17, 15) is 9.18 Å². The van der Waals surface area contributed by atoms with E-state index >= 15 is 0 Å². The van der Waals surface area contributed by atoms with E-state index in [0.29, 0.717) is 28.5 Å². The third-order valence-corrected chi connectivity index (χ3v) is 3.70. The number of pyridine rings is 1. The van der Waals surface area contributed by atoms with Crippen molar-refractivity contribution in [1.82, 2.24) is 9.38 Å². The fourth-order valence-electron chi connectivity index (χ4n) is 2.46. The van der Waals surface area contributed by atoms with Crippen LogP contribution in [0.15, 0.2) is 42.6 Å². The topological polar surface area (TPSA) is 46.4 Å². The van der Waals surface area contributed by atoms with E-state index in [1.807, 2.05) is 6.92 Å². The summed E-state index contributed by atoms with van der Waals surface area (Å²) in [5, 5.41) is 3.10. The molecule has 0 bridgehead atoms. The first-order chi connectivity index (χ1) is 11.1. The van der Waals surface area contributed by atoms with E-state index < -0.39 is 11.7 Å². The number of para-hydroxylation sites is 1. The number of hydrogen-bond donors (Lipinski definition) is 1. The van der Waals surface area contributed by atoms with Crippen LogP contribution in [0.5, 0.6) is 0 Å². The molecule has 0 fully saturated rings. The number of halogens is 2. The van der Waals surface area contributed by atoms with E-state index in [1.165, 1.54) is 12.1 Å². The van der Waals surface area contributed by atoms with Crippen LogP contribution in [0.25, 0.3) is 5.65 Å². The number of nitrogens with zero attached hydrogens (tertiary/aromatic N) is 2. The minimum absolute atomic E-state index is 0.136. The number of anilines is 1. The molecule has 4 nitrogen and oxygen atoms in total. The van der Waals surface area contributed by atoms with Crippen LogP contribution in [0.2, 0.25) is 5.02 Å². The first kappa shape index (κ1) is 15.5. The molecule has 1 aromatic carbocycles. The molecule has 1 amide bonds. The number of fused-ring (bicyclic) bond motifs is 1. The number of aromatic nitrogens is 2. The van der Waals surface area contributed by atoms with Gasteiger partial charge < -0.3 is 5.32 Å². The lowest BCUT2D eigenvalue weighted by molar-refractivity contribution is 0.102. The number of imidazole rings is 1. The summed E-state index contributed by atoms with van der Waals surface area (Å²) >= 11 is 6.03. The lowest BCUT2D eigenvalue weighted by Crippen LogP contribution is -2.17. The fourth-order valence-corrected chi connectivity index (χ4v) is 2.62. The average Bonchev–Trinajstić information content (AvgIpc) is 2.87. The molecule has 23 heavy (non-hydrogen) atoms. The number of carbonyl (C=O) groups is 1. The van der Waals surface area contributed by atoms with Gasteiger partial charge in [0.05, 0.1) is 16.4 Å². The van der Waals surface area contributed by atoms with E-state index in [1.54, 1.807) is 34.9 Å². The Kier molecular flexibility index (Phi) is 4.30. The lowest BCUT2D eigenvalue weighted by Gasteiger charge is -2.08. The number of carbonyl (C=O) groups excluding carboxylic acids is 1. The van der Waals surface area contributed by atoms with E-state index in [-0.39, 0.29) is 5.69 Å². The summed E-state index contributed by atoms with van der Waals surface area (Å²) in [6.45, 7) is 2.01. The summed E-state index contributed by atoms with van der Waals surface area (Å²) in [4.78, 5) is 17.1. The smallest absolute Gasteiger partial charge is 0.274 e. The summed E-state index contributed by atoms with van der Waals surface area (Å²) in [7, 11) is 0. The van der Waals surface area contributed by atoms with Gasteiger partial charge in [0, 0.05) is 6.20 Å². The summed E-state index contributed by atoms with van der Waals surface area (Å²) in [6.07, 6.45) is 3.14. The molecule has 0 spiro atoms. The molecule has 6 heteroatoms. The van der Waals surface area contributed by atoms with Crippen LogP contribution in [0, 0.1) is 5.82 Å². The molecular formula is C17H15ClFN3O. The predicted molar refractivity (Wildman–Crippen MR) is 88.6 cm³/mol. The van der Waals surface area contributed by atoms with Gasteiger partial charge in [0.1, 0.15) is 17.2 Å². The number of hydrogen-bond acceptors (Lipinski definition) is 2. The minimum atomic E-state index is -0.482. The number of amides is 1. The maximum absolute atomic E-state index is 13.8. The molecule has 1 N–H and O–H groups in total. The molecule has 2 aromatic heterocycles. The van der Waals surface area contributed by atoms with Gasteiger partial charge in [-0.15, -0.1) is 0 Å². The van der Waals surface area contributed by atoms with Crippen LogP contribution >= 0.6 is 11.6 Å². The van der Waals surface area contributed by atoms with Gasteiger partial charge in [-0.3, -0.25) is 9.20 Å². The SMILES string of the molecule is CCCc1nc2ccc(Cl)cn2c1C(=O)Nc1ccccc1F. The van der Waals surface area contributed by atoms with E-state index in [4.69, 9.17) is 11.6 Å². The molecule has 0 aliphatic rings. The Hall–Kier alpha value is -2.40. The summed E-state index contributed by atoms with van der Waals surface area (Å²) in [5.41, 5.74) is 1.82. The Balaban J connectivity index is 2.06. The van der Waals surface area contributed by atoms with Crippen molar-refractivity contribution in [2.24, 2.45) is 0 Å². The van der Waals surface area contributed by atoms with Crippen LogP contribution in [-0.2, 0) is 6.42 Å². The van der Waals surface area contributed by atoms with Crippen LogP contribution < -0.4 is 5.32 Å². The summed E-state index contributed by atoms with van der Waals surface area (Å²) in [5.74, 6) is -0.891. The number of rotatable bonds is 4. The summed E-state index contributed by atoms with van der Waals surface area (Å²) < 4.78 is 15.4. The molecule has 0 atom stereocenters. The molecule has 0 aliphatic carbocycles. The Bertz CT molecular complexity index is 875. The molecule has 2 heterocycles. The largest absolute Gasteiger partial charge is 0.318 e. The quantitative estimate of drug-likeness (QED) is 0.773. The molecular weight excluding hydrogens is 317 g/mol. The maximum atomic E-state index is 13.8. The lowest BCUT2D eigenvalue weighted by atomic mass is 10.2. The zero-order valence-electron chi connectivity index (χ0n) is 12.5. The Morgan fingerprint density at radius 2 is 2.09 bits per heavy atom. The predicted octanol–water partition coefficient (Wildman–Crippen LogP) is 4.33. The fraction of sp³-hybridized carbons (Fsp3) is 0.176. The van der Waals surface area contributed by atoms with Gasteiger partial charge in [0.15, 0.2) is 0 Å². The van der Waals surface area contributed by atoms with Crippen molar-refractivity contribution in [3.63, 3.8) is 0 Å². The summed E-state index contributed by atoms with van der Waals surface area (Å²) in [6, 6.07) is 9.52. The molecule has 0 saturated carbocycles. The van der Waals surface area contributed by atoms with Crippen molar-refractivity contribution < 1.29 is 9.18 Å². The maximum Gasteiger partial charge on any atom is 0.274 e. The number of benzene rings is 1. The average molecular weight is 332 g/mol. The van der Waals surface area contributed by atoms with Gasteiger partial charge in [-0.25, -0.2) is 9.37 Å². The molecule has 0 aliphatic heterocycles. The van der Waals surface area contributed by atoms with Gasteiger partial charge in [-0.1, -0.05) is 37.1 Å². The molecule has 118 valence electrons. The highest BCUT2D eigenvalue weighted by atomic mass is 35.5. The Morgan fingerprint density at radius 3 is 2.83 bits per heavy atom. The van der Waals surface area contributed by atoms with Crippen LogP contribution in [0.3, 0.4) is 0 Å². The van der Waals surface area contributed by atoms with Crippen molar-refractivity contribution in [3.8, 4) is 0 Å². The number of nitrogens with one attached hydrogen (secondary N) is 1. The van der Waals surface area contributed by atoms with Crippen LogP contribution in [0.4, 0.5) is 10.1 Å². The van der Waals surface area contributed by atoms with Gasteiger partial charge in [0.25, 0.3) is 5.91 Å². The molecule has 3 aromatic rings. The Labute approximate surface area is 137 Å². The van der Waals surface area contributed by atoms with Gasteiger partial charge in [0.2, 0.25) is 0 Å². The van der Waals surface area contributed by atoms with E-state index in [0.717, 1.165) is 6.42 Å². The molecule has 3 rings (SSSR count). The van der Waals surface area contributed by atoms with Crippen molar-refractivity contribution in [2.45, 2.75) is 19.8 Å². The van der Waals surface area contributed by atoms with Crippen molar-refractivity contribution in [3.05, 3.63) is 64.8 Å². The normalized spacial score (nSPS) is 10.9. The standard InChI is InChI=1S/C17H15ClFN3O/c1-2-5-14-16(22-10-11(18)8-9-15(22)20-14)17(23)21-13-7-4-3-6-12(13)19/h3-4,6-10H,2,5H2,1H3,(H,21,23).